The SMILES string of the molecule is CCCC[C@H](CC)C(=O)N1CCC[C@H](CN)C1. The van der Waals surface area contributed by atoms with E-state index >= 15 is 0 Å². The van der Waals surface area contributed by atoms with Crippen molar-refractivity contribution in [3.63, 3.8) is 0 Å². The van der Waals surface area contributed by atoms with Crippen LogP contribution in [0.1, 0.15) is 52.4 Å². The molecule has 1 aliphatic heterocycles. The fourth-order valence-electron chi connectivity index (χ4n) is 2.67. The van der Waals surface area contributed by atoms with Gasteiger partial charge in [-0.25, -0.2) is 0 Å². The molecule has 0 unspecified atom stereocenters. The minimum absolute atomic E-state index is 0.242. The zero-order chi connectivity index (χ0) is 12.7. The first-order chi connectivity index (χ1) is 8.22. The van der Waals surface area contributed by atoms with Crippen LogP contribution in [-0.2, 0) is 4.79 Å². The van der Waals surface area contributed by atoms with Crippen molar-refractivity contribution in [3.8, 4) is 0 Å². The fourth-order valence-corrected chi connectivity index (χ4v) is 2.67. The molecule has 2 atom stereocenters. The molecule has 17 heavy (non-hydrogen) atoms. The smallest absolute Gasteiger partial charge is 0.225 e. The van der Waals surface area contributed by atoms with E-state index in [1.54, 1.807) is 0 Å². The van der Waals surface area contributed by atoms with Gasteiger partial charge in [0.05, 0.1) is 0 Å². The second-order valence-corrected chi connectivity index (χ2v) is 5.28. The van der Waals surface area contributed by atoms with Crippen LogP contribution in [0.15, 0.2) is 0 Å². The van der Waals surface area contributed by atoms with Crippen molar-refractivity contribution in [1.82, 2.24) is 4.90 Å². The fraction of sp³-hybridized carbons (Fsp3) is 0.929. The first kappa shape index (κ1) is 14.5. The van der Waals surface area contributed by atoms with Gasteiger partial charge in [-0.3, -0.25) is 4.79 Å². The van der Waals surface area contributed by atoms with Gasteiger partial charge in [0.15, 0.2) is 0 Å². The Bertz CT molecular complexity index is 230. The van der Waals surface area contributed by atoms with Gasteiger partial charge in [0.25, 0.3) is 0 Å². The van der Waals surface area contributed by atoms with Crippen LogP contribution in [-0.4, -0.2) is 30.4 Å². The molecule has 1 saturated heterocycles. The summed E-state index contributed by atoms with van der Waals surface area (Å²) in [5.74, 6) is 1.14. The maximum atomic E-state index is 12.4. The highest BCUT2D eigenvalue weighted by atomic mass is 16.2. The summed E-state index contributed by atoms with van der Waals surface area (Å²) in [5.41, 5.74) is 5.72. The maximum Gasteiger partial charge on any atom is 0.225 e. The molecule has 0 bridgehead atoms. The van der Waals surface area contributed by atoms with E-state index < -0.39 is 0 Å². The zero-order valence-electron chi connectivity index (χ0n) is 11.5. The molecule has 1 rings (SSSR count). The topological polar surface area (TPSA) is 46.3 Å². The van der Waals surface area contributed by atoms with Gasteiger partial charge in [-0.2, -0.15) is 0 Å². The van der Waals surface area contributed by atoms with E-state index in [-0.39, 0.29) is 5.92 Å². The number of carbonyl (C=O) groups excluding carboxylic acids is 1. The predicted octanol–water partition coefficient (Wildman–Crippen LogP) is 2.40. The summed E-state index contributed by atoms with van der Waals surface area (Å²) >= 11 is 0. The second kappa shape index (κ2) is 7.70. The second-order valence-electron chi connectivity index (χ2n) is 5.28. The third-order valence-corrected chi connectivity index (χ3v) is 3.91. The monoisotopic (exact) mass is 240 g/mol. The molecular formula is C14H28N2O. The van der Waals surface area contributed by atoms with Crippen LogP contribution in [0, 0.1) is 11.8 Å². The van der Waals surface area contributed by atoms with E-state index in [1.807, 2.05) is 0 Å². The third-order valence-electron chi connectivity index (χ3n) is 3.91. The molecule has 0 aromatic carbocycles. The average molecular weight is 240 g/mol. The molecule has 1 fully saturated rings. The molecule has 1 amide bonds. The summed E-state index contributed by atoms with van der Waals surface area (Å²) < 4.78 is 0. The molecule has 1 aliphatic rings. The largest absolute Gasteiger partial charge is 0.342 e. The lowest BCUT2D eigenvalue weighted by Crippen LogP contribution is -2.44. The number of amides is 1. The number of hydrogen-bond acceptors (Lipinski definition) is 2. The molecular weight excluding hydrogens is 212 g/mol. The Labute approximate surface area is 106 Å². The van der Waals surface area contributed by atoms with Crippen LogP contribution in [0.4, 0.5) is 0 Å². The van der Waals surface area contributed by atoms with E-state index in [0.29, 0.717) is 11.8 Å². The molecule has 0 spiro atoms. The van der Waals surface area contributed by atoms with Crippen molar-refractivity contribution in [2.75, 3.05) is 19.6 Å². The van der Waals surface area contributed by atoms with E-state index in [1.165, 1.54) is 19.3 Å². The van der Waals surface area contributed by atoms with E-state index in [9.17, 15) is 4.79 Å². The molecule has 3 nitrogen and oxygen atoms in total. The Morgan fingerprint density at radius 3 is 2.82 bits per heavy atom. The molecule has 3 heteroatoms. The van der Waals surface area contributed by atoms with Crippen molar-refractivity contribution < 1.29 is 4.79 Å². The van der Waals surface area contributed by atoms with E-state index in [0.717, 1.165) is 38.9 Å². The zero-order valence-corrected chi connectivity index (χ0v) is 11.5. The number of nitrogens with two attached hydrogens (primary N) is 1. The average Bonchev–Trinajstić information content (AvgIpc) is 2.39. The van der Waals surface area contributed by atoms with Crippen molar-refractivity contribution in [2.45, 2.75) is 52.4 Å². The molecule has 100 valence electrons. The number of hydrogen-bond donors (Lipinski definition) is 1. The van der Waals surface area contributed by atoms with Gasteiger partial charge in [0.2, 0.25) is 5.91 Å². The predicted molar refractivity (Wildman–Crippen MR) is 71.7 cm³/mol. The highest BCUT2D eigenvalue weighted by molar-refractivity contribution is 5.78. The van der Waals surface area contributed by atoms with Gasteiger partial charge in [-0.1, -0.05) is 26.7 Å². The number of likely N-dealkylation sites (tertiary alicyclic amines) is 1. The summed E-state index contributed by atoms with van der Waals surface area (Å²) in [4.78, 5) is 14.4. The summed E-state index contributed by atoms with van der Waals surface area (Å²) in [6.45, 7) is 6.86. The van der Waals surface area contributed by atoms with Gasteiger partial charge in [-0.05, 0) is 38.1 Å². The molecule has 0 aliphatic carbocycles. The highest BCUT2D eigenvalue weighted by Crippen LogP contribution is 2.21. The van der Waals surface area contributed by atoms with Crippen molar-refractivity contribution in [3.05, 3.63) is 0 Å². The molecule has 0 radical (unpaired) electrons. The minimum Gasteiger partial charge on any atom is -0.342 e. The summed E-state index contributed by atoms with van der Waals surface area (Å²) in [6, 6.07) is 0. The van der Waals surface area contributed by atoms with Gasteiger partial charge in [0, 0.05) is 19.0 Å². The lowest BCUT2D eigenvalue weighted by atomic mass is 9.93. The quantitative estimate of drug-likeness (QED) is 0.775. The molecule has 0 aromatic heterocycles. The summed E-state index contributed by atoms with van der Waals surface area (Å²) in [5, 5.41) is 0. The van der Waals surface area contributed by atoms with Crippen LogP contribution < -0.4 is 5.73 Å². The number of unbranched alkanes of at least 4 members (excludes halogenated alkanes) is 1. The Kier molecular flexibility index (Phi) is 6.56. The summed E-state index contributed by atoms with van der Waals surface area (Å²) in [7, 11) is 0. The van der Waals surface area contributed by atoms with Gasteiger partial charge >= 0.3 is 0 Å². The lowest BCUT2D eigenvalue weighted by molar-refractivity contribution is -0.137. The number of carbonyl (C=O) groups is 1. The first-order valence-corrected chi connectivity index (χ1v) is 7.21. The van der Waals surface area contributed by atoms with Gasteiger partial charge in [-0.15, -0.1) is 0 Å². The van der Waals surface area contributed by atoms with Crippen molar-refractivity contribution in [2.24, 2.45) is 17.6 Å². The Morgan fingerprint density at radius 2 is 2.24 bits per heavy atom. The van der Waals surface area contributed by atoms with Crippen LogP contribution in [0.5, 0.6) is 0 Å². The molecule has 0 saturated carbocycles. The number of rotatable bonds is 6. The lowest BCUT2D eigenvalue weighted by Gasteiger charge is -2.34. The highest BCUT2D eigenvalue weighted by Gasteiger charge is 2.26. The Morgan fingerprint density at radius 1 is 1.47 bits per heavy atom. The molecule has 0 aromatic rings. The number of piperidine rings is 1. The van der Waals surface area contributed by atoms with Gasteiger partial charge < -0.3 is 10.6 Å². The van der Waals surface area contributed by atoms with Crippen molar-refractivity contribution in [1.29, 1.82) is 0 Å². The van der Waals surface area contributed by atoms with E-state index in [4.69, 9.17) is 5.73 Å². The van der Waals surface area contributed by atoms with Gasteiger partial charge in [0.1, 0.15) is 0 Å². The Hall–Kier alpha value is -0.570. The normalized spacial score (nSPS) is 22.5. The standard InChI is InChI=1S/C14H28N2O/c1-3-5-8-13(4-2)14(17)16-9-6-7-12(10-15)11-16/h12-13H,3-11,15H2,1-2H3/t12-,13+/m1/s1. The van der Waals surface area contributed by atoms with E-state index in [2.05, 4.69) is 18.7 Å². The Balaban J connectivity index is 2.48. The minimum atomic E-state index is 0.242. The van der Waals surface area contributed by atoms with Crippen LogP contribution in [0.2, 0.25) is 0 Å². The third kappa shape index (κ3) is 4.30. The number of nitrogens with zero attached hydrogens (tertiary/aromatic N) is 1. The van der Waals surface area contributed by atoms with Crippen molar-refractivity contribution >= 4 is 5.91 Å². The first-order valence-electron chi connectivity index (χ1n) is 7.21. The van der Waals surface area contributed by atoms with Crippen LogP contribution in [0.25, 0.3) is 0 Å². The molecule has 1 heterocycles. The maximum absolute atomic E-state index is 12.4. The van der Waals surface area contributed by atoms with Crippen LogP contribution >= 0.6 is 0 Å². The molecule has 2 N–H and O–H groups in total. The summed E-state index contributed by atoms with van der Waals surface area (Å²) in [6.07, 6.45) is 6.68. The van der Waals surface area contributed by atoms with Crippen LogP contribution in [0.3, 0.4) is 0 Å².